The maximum Gasteiger partial charge on any atom is 0.312 e. The van der Waals surface area contributed by atoms with Crippen LogP contribution in [0.1, 0.15) is 44.1 Å². The maximum atomic E-state index is 14.3. The molecule has 3 aliphatic rings. The fourth-order valence-corrected chi connectivity index (χ4v) is 7.28. The Morgan fingerprint density at radius 2 is 1.95 bits per heavy atom. The number of carbonyl (C=O) groups excluding carboxylic acids is 3. The van der Waals surface area contributed by atoms with Gasteiger partial charge in [-0.3, -0.25) is 14.4 Å². The van der Waals surface area contributed by atoms with E-state index in [0.717, 1.165) is 18.4 Å². The summed E-state index contributed by atoms with van der Waals surface area (Å²) in [6.45, 7) is 8.79. The molecular weight excluding hydrogens is 564 g/mol. The number of ether oxygens (including phenoxy) is 2. The van der Waals surface area contributed by atoms with E-state index in [2.05, 4.69) is 29.1 Å². The molecule has 3 heterocycles. The number of benzene rings is 1. The fourth-order valence-electron chi connectivity index (χ4n) is 6.34. The van der Waals surface area contributed by atoms with Crippen LogP contribution >= 0.6 is 15.9 Å². The number of aliphatic hydroxyl groups is 1. The lowest BCUT2D eigenvalue weighted by Gasteiger charge is -2.37. The van der Waals surface area contributed by atoms with E-state index < -0.39 is 35.6 Å². The summed E-state index contributed by atoms with van der Waals surface area (Å²) in [4.78, 5) is 44.8. The lowest BCUT2D eigenvalue weighted by atomic mass is 9.70. The quantitative estimate of drug-likeness (QED) is 0.143. The van der Waals surface area contributed by atoms with Gasteiger partial charge in [0, 0.05) is 31.1 Å². The normalized spacial score (nSPS) is 28.8. The van der Waals surface area contributed by atoms with E-state index in [1.165, 1.54) is 0 Å². The van der Waals surface area contributed by atoms with Gasteiger partial charge >= 0.3 is 5.97 Å². The van der Waals surface area contributed by atoms with Gasteiger partial charge in [-0.05, 0) is 44.1 Å². The Balaban J connectivity index is 1.63. The van der Waals surface area contributed by atoms with Crippen LogP contribution in [0.4, 0.5) is 0 Å². The van der Waals surface area contributed by atoms with Gasteiger partial charge < -0.3 is 24.4 Å². The van der Waals surface area contributed by atoms with Crippen LogP contribution in [0.25, 0.3) is 0 Å². The van der Waals surface area contributed by atoms with Crippen LogP contribution in [0.3, 0.4) is 0 Å². The molecule has 0 aliphatic carbocycles. The van der Waals surface area contributed by atoms with E-state index in [1.807, 2.05) is 36.4 Å². The van der Waals surface area contributed by atoms with E-state index >= 15 is 0 Å². The first-order valence-corrected chi connectivity index (χ1v) is 14.8. The zero-order valence-electron chi connectivity index (χ0n) is 22.4. The van der Waals surface area contributed by atoms with Gasteiger partial charge in [0.15, 0.2) is 0 Å². The first kappa shape index (κ1) is 29.5. The Morgan fingerprint density at radius 1 is 1.18 bits per heavy atom. The third kappa shape index (κ3) is 5.86. The van der Waals surface area contributed by atoms with Crippen LogP contribution < -0.4 is 0 Å². The summed E-state index contributed by atoms with van der Waals surface area (Å²) in [6, 6.07) is 8.79. The molecule has 6 atom stereocenters. The molecule has 8 nitrogen and oxygen atoms in total. The summed E-state index contributed by atoms with van der Waals surface area (Å²) in [7, 11) is 0. The molecule has 0 aromatic heterocycles. The number of esters is 1. The van der Waals surface area contributed by atoms with Crippen molar-refractivity contribution in [3.8, 4) is 0 Å². The van der Waals surface area contributed by atoms with Crippen molar-refractivity contribution in [2.75, 3.05) is 26.3 Å². The Bertz CT molecular complexity index is 1050. The largest absolute Gasteiger partial charge is 0.465 e. The number of hydrogen-bond acceptors (Lipinski definition) is 6. The van der Waals surface area contributed by atoms with Crippen LogP contribution in [0.5, 0.6) is 0 Å². The van der Waals surface area contributed by atoms with Crippen molar-refractivity contribution >= 4 is 33.7 Å². The van der Waals surface area contributed by atoms with Crippen molar-refractivity contribution in [2.45, 2.75) is 67.6 Å². The van der Waals surface area contributed by atoms with E-state index in [1.54, 1.807) is 15.9 Å². The molecule has 3 aliphatic heterocycles. The fraction of sp³-hybridized carbons (Fsp3) is 0.567. The van der Waals surface area contributed by atoms with Gasteiger partial charge in [-0.25, -0.2) is 0 Å². The number of alkyl halides is 1. The van der Waals surface area contributed by atoms with Crippen molar-refractivity contribution < 1.29 is 29.0 Å². The molecule has 39 heavy (non-hydrogen) atoms. The zero-order valence-corrected chi connectivity index (χ0v) is 24.0. The van der Waals surface area contributed by atoms with Crippen LogP contribution in [-0.2, 0) is 30.4 Å². The Hall–Kier alpha value is -2.49. The number of nitrogens with zero attached hydrogens (tertiary/aromatic N) is 2. The van der Waals surface area contributed by atoms with Crippen LogP contribution in [-0.4, -0.2) is 81.6 Å². The maximum absolute atomic E-state index is 14.3. The second-order valence-corrected chi connectivity index (χ2v) is 11.7. The second-order valence-electron chi connectivity index (χ2n) is 10.6. The van der Waals surface area contributed by atoms with Crippen molar-refractivity contribution in [1.82, 2.24) is 9.80 Å². The average molecular weight is 604 g/mol. The molecule has 0 saturated carbocycles. The standard InChI is InChI=1S/C30H39BrN2O6/c1-3-5-6-12-18-38-29(37)23-24-27(35)33(16-10-11-17-34)26(30(24)19-22(31)25(23)39-30)28(36)32(15-4-2)20-21-13-8-7-9-14-21/h3-4,7-9,13-14,22-26,34H,1-2,5-6,10-12,15-20H2/t22?,23-,24-,25-,26?,30?/m0/s1. The molecule has 4 rings (SSSR count). The summed E-state index contributed by atoms with van der Waals surface area (Å²) in [5, 5.41) is 9.37. The Kier molecular flexibility index (Phi) is 10.0. The van der Waals surface area contributed by atoms with Gasteiger partial charge in [-0.15, -0.1) is 13.2 Å². The smallest absolute Gasteiger partial charge is 0.312 e. The third-order valence-electron chi connectivity index (χ3n) is 8.03. The Morgan fingerprint density at radius 3 is 2.64 bits per heavy atom. The highest BCUT2D eigenvalue weighted by Gasteiger charge is 2.77. The van der Waals surface area contributed by atoms with Crippen molar-refractivity contribution in [3.63, 3.8) is 0 Å². The summed E-state index contributed by atoms with van der Waals surface area (Å²) < 4.78 is 12.2. The van der Waals surface area contributed by atoms with Crippen molar-refractivity contribution in [3.05, 3.63) is 61.2 Å². The molecule has 212 valence electrons. The topological polar surface area (TPSA) is 96.4 Å². The number of amides is 2. The molecule has 1 N–H and O–H groups in total. The van der Waals surface area contributed by atoms with E-state index in [9.17, 15) is 19.5 Å². The summed E-state index contributed by atoms with van der Waals surface area (Å²) >= 11 is 3.69. The number of carbonyl (C=O) groups is 3. The number of aliphatic hydroxyl groups excluding tert-OH is 1. The SMILES string of the molecule is C=CCCCCOC(=O)[C@H]1[C@H]2C(=O)N(CCCCO)C(C(=O)N(CC=C)Cc3ccccc3)C23CC(Br)[C@@H]1O3. The number of allylic oxidation sites excluding steroid dienone is 1. The third-order valence-corrected chi connectivity index (χ3v) is 8.87. The van der Waals surface area contributed by atoms with Gasteiger partial charge in [0.25, 0.3) is 0 Å². The van der Waals surface area contributed by atoms with Gasteiger partial charge in [-0.2, -0.15) is 0 Å². The molecule has 9 heteroatoms. The summed E-state index contributed by atoms with van der Waals surface area (Å²) in [5.41, 5.74) is -0.166. The summed E-state index contributed by atoms with van der Waals surface area (Å²) in [6.07, 6.45) is 6.86. The summed E-state index contributed by atoms with van der Waals surface area (Å²) in [5.74, 6) is -2.49. The minimum Gasteiger partial charge on any atom is -0.465 e. The van der Waals surface area contributed by atoms with Crippen molar-refractivity contribution in [1.29, 1.82) is 0 Å². The number of likely N-dealkylation sites (tertiary alicyclic amines) is 1. The molecule has 2 bridgehead atoms. The second kappa shape index (κ2) is 13.2. The number of unbranched alkanes of at least 4 members (excludes halogenated alkanes) is 3. The molecule has 0 radical (unpaired) electrons. The molecule has 2 amide bonds. The first-order chi connectivity index (χ1) is 18.9. The molecule has 3 fully saturated rings. The van der Waals surface area contributed by atoms with Gasteiger partial charge in [0.05, 0.1) is 24.5 Å². The predicted molar refractivity (Wildman–Crippen MR) is 151 cm³/mol. The molecule has 3 saturated heterocycles. The minimum absolute atomic E-state index is 0.00529. The molecule has 3 unspecified atom stereocenters. The van der Waals surface area contributed by atoms with E-state index in [-0.39, 0.29) is 29.9 Å². The van der Waals surface area contributed by atoms with Gasteiger partial charge in [0.2, 0.25) is 11.8 Å². The van der Waals surface area contributed by atoms with E-state index in [0.29, 0.717) is 45.3 Å². The lowest BCUT2D eigenvalue weighted by molar-refractivity contribution is -0.155. The first-order valence-electron chi connectivity index (χ1n) is 13.8. The number of rotatable bonds is 15. The van der Waals surface area contributed by atoms with Crippen molar-refractivity contribution in [2.24, 2.45) is 11.8 Å². The Labute approximate surface area is 239 Å². The highest BCUT2D eigenvalue weighted by Crippen LogP contribution is 2.60. The lowest BCUT2D eigenvalue weighted by Crippen LogP contribution is -2.56. The molecule has 1 aromatic carbocycles. The molecule has 1 spiro atoms. The number of fused-ring (bicyclic) bond motifs is 1. The highest BCUT2D eigenvalue weighted by molar-refractivity contribution is 9.09. The highest BCUT2D eigenvalue weighted by atomic mass is 79.9. The number of halogens is 1. The van der Waals surface area contributed by atoms with E-state index in [4.69, 9.17) is 9.47 Å². The van der Waals surface area contributed by atoms with Crippen LogP contribution in [0.15, 0.2) is 55.6 Å². The number of hydrogen-bond donors (Lipinski definition) is 1. The molecular formula is C30H39BrN2O6. The monoisotopic (exact) mass is 602 g/mol. The zero-order chi connectivity index (χ0) is 28.0. The van der Waals surface area contributed by atoms with Crippen LogP contribution in [0, 0.1) is 11.8 Å². The van der Waals surface area contributed by atoms with Crippen LogP contribution in [0.2, 0.25) is 0 Å². The predicted octanol–water partition coefficient (Wildman–Crippen LogP) is 3.62. The van der Waals surface area contributed by atoms with Gasteiger partial charge in [-0.1, -0.05) is 58.4 Å². The van der Waals surface area contributed by atoms with Gasteiger partial charge in [0.1, 0.15) is 11.6 Å². The average Bonchev–Trinajstić information content (AvgIpc) is 3.52. The molecule has 1 aromatic rings. The minimum atomic E-state index is -1.13.